The summed E-state index contributed by atoms with van der Waals surface area (Å²) in [5.74, 6) is 0.648. The quantitative estimate of drug-likeness (QED) is 0.636. The van der Waals surface area contributed by atoms with Crippen LogP contribution < -0.4 is 0 Å². The van der Waals surface area contributed by atoms with Crippen molar-refractivity contribution in [2.45, 2.75) is 20.3 Å². The number of aliphatic hydroxyl groups is 1. The van der Waals surface area contributed by atoms with Crippen LogP contribution >= 0.6 is 0 Å². The Labute approximate surface area is 69.9 Å². The summed E-state index contributed by atoms with van der Waals surface area (Å²) >= 11 is 0. The minimum atomic E-state index is 0.331. The highest BCUT2D eigenvalue weighted by Gasteiger charge is 1.86. The Morgan fingerprint density at radius 1 is 1.55 bits per heavy atom. The third-order valence-electron chi connectivity index (χ3n) is 0.991. The maximum absolute atomic E-state index is 8.24. The molecule has 0 radical (unpaired) electrons. The summed E-state index contributed by atoms with van der Waals surface area (Å²) in [5, 5.41) is 8.24. The first-order valence-electron chi connectivity index (χ1n) is 3.89. The molecule has 1 N–H and O–H groups in total. The van der Waals surface area contributed by atoms with Gasteiger partial charge >= 0.3 is 0 Å². The van der Waals surface area contributed by atoms with Gasteiger partial charge in [0, 0.05) is 13.7 Å². The summed E-state index contributed by atoms with van der Waals surface area (Å²) in [6.07, 6.45) is 2.64. The lowest BCUT2D eigenvalue weighted by molar-refractivity contribution is 0.234. The fourth-order valence-corrected chi connectivity index (χ4v) is 0.376. The fraction of sp³-hybridized carbons (Fsp3) is 0.778. The largest absolute Gasteiger partial charge is 0.396 e. The molecule has 11 heavy (non-hydrogen) atoms. The Bertz CT molecular complexity index is 70.0. The minimum Gasteiger partial charge on any atom is -0.396 e. The number of hydrogen-bond acceptors (Lipinski definition) is 2. The van der Waals surface area contributed by atoms with Gasteiger partial charge in [-0.1, -0.05) is 19.9 Å². The third-order valence-corrected chi connectivity index (χ3v) is 0.991. The summed E-state index contributed by atoms with van der Waals surface area (Å²) in [6.45, 7) is 8.60. The SMILES string of the molecule is C=CCOC.CC(C)CCO. The van der Waals surface area contributed by atoms with Gasteiger partial charge < -0.3 is 9.84 Å². The van der Waals surface area contributed by atoms with E-state index in [-0.39, 0.29) is 0 Å². The van der Waals surface area contributed by atoms with Crippen molar-refractivity contribution >= 4 is 0 Å². The second kappa shape index (κ2) is 12.3. The van der Waals surface area contributed by atoms with Crippen molar-refractivity contribution in [3.05, 3.63) is 12.7 Å². The van der Waals surface area contributed by atoms with Crippen molar-refractivity contribution in [2.24, 2.45) is 5.92 Å². The molecule has 0 unspecified atom stereocenters. The average Bonchev–Trinajstić information content (AvgIpc) is 1.90. The maximum Gasteiger partial charge on any atom is 0.0641 e. The van der Waals surface area contributed by atoms with Gasteiger partial charge in [0.2, 0.25) is 0 Å². The zero-order chi connectivity index (χ0) is 9.11. The van der Waals surface area contributed by atoms with Crippen molar-refractivity contribution in [2.75, 3.05) is 20.3 Å². The summed E-state index contributed by atoms with van der Waals surface area (Å²) in [7, 11) is 1.64. The highest BCUT2D eigenvalue weighted by atomic mass is 16.5. The third kappa shape index (κ3) is 26.1. The zero-order valence-electron chi connectivity index (χ0n) is 7.84. The molecule has 2 nitrogen and oxygen atoms in total. The molecule has 0 heterocycles. The van der Waals surface area contributed by atoms with Crippen LogP contribution in [0.5, 0.6) is 0 Å². The highest BCUT2D eigenvalue weighted by Crippen LogP contribution is 1.94. The standard InChI is InChI=1S/C5H12O.C4H8O/c1-5(2)3-4-6;1-3-4-5-2/h5-6H,3-4H2,1-2H3;3H,1,4H2,2H3. The van der Waals surface area contributed by atoms with Gasteiger partial charge in [-0.2, -0.15) is 0 Å². The van der Waals surface area contributed by atoms with Crippen molar-refractivity contribution in [3.8, 4) is 0 Å². The van der Waals surface area contributed by atoms with E-state index in [0.29, 0.717) is 19.1 Å². The van der Waals surface area contributed by atoms with E-state index in [2.05, 4.69) is 25.2 Å². The first-order valence-corrected chi connectivity index (χ1v) is 3.89. The van der Waals surface area contributed by atoms with E-state index < -0.39 is 0 Å². The molecule has 0 aromatic carbocycles. The lowest BCUT2D eigenvalue weighted by Crippen LogP contribution is -1.89. The molecule has 0 spiro atoms. The van der Waals surface area contributed by atoms with Crippen molar-refractivity contribution in [3.63, 3.8) is 0 Å². The molecule has 2 heteroatoms. The normalized spacial score (nSPS) is 8.82. The van der Waals surface area contributed by atoms with E-state index in [9.17, 15) is 0 Å². The van der Waals surface area contributed by atoms with E-state index in [4.69, 9.17) is 5.11 Å². The van der Waals surface area contributed by atoms with Crippen LogP contribution in [0.15, 0.2) is 12.7 Å². The molecule has 0 atom stereocenters. The molecule has 0 fully saturated rings. The number of aliphatic hydroxyl groups excluding tert-OH is 1. The van der Waals surface area contributed by atoms with Gasteiger partial charge in [-0.3, -0.25) is 0 Å². The van der Waals surface area contributed by atoms with E-state index in [1.54, 1.807) is 13.2 Å². The first kappa shape index (κ1) is 13.3. The lowest BCUT2D eigenvalue weighted by Gasteiger charge is -1.95. The molecule has 0 amide bonds. The van der Waals surface area contributed by atoms with Gasteiger partial charge in [0.1, 0.15) is 0 Å². The molecular weight excluding hydrogens is 140 g/mol. The molecule has 0 rings (SSSR count). The Hall–Kier alpha value is -0.340. The average molecular weight is 160 g/mol. The Balaban J connectivity index is 0. The summed E-state index contributed by atoms with van der Waals surface area (Å²) in [6, 6.07) is 0. The molecular formula is C9H20O2. The molecule has 0 aliphatic heterocycles. The minimum absolute atomic E-state index is 0.331. The van der Waals surface area contributed by atoms with Crippen LogP contribution in [0.3, 0.4) is 0 Å². The second-order valence-electron chi connectivity index (χ2n) is 2.65. The predicted octanol–water partition coefficient (Wildman–Crippen LogP) is 1.84. The second-order valence-corrected chi connectivity index (χ2v) is 2.65. The van der Waals surface area contributed by atoms with Gasteiger partial charge in [0.05, 0.1) is 6.61 Å². The van der Waals surface area contributed by atoms with Gasteiger partial charge in [-0.15, -0.1) is 6.58 Å². The van der Waals surface area contributed by atoms with Crippen LogP contribution in [0.1, 0.15) is 20.3 Å². The molecule has 0 saturated carbocycles. The Morgan fingerprint density at radius 2 is 2.09 bits per heavy atom. The summed E-state index contributed by atoms with van der Waals surface area (Å²) in [4.78, 5) is 0. The smallest absolute Gasteiger partial charge is 0.0641 e. The van der Waals surface area contributed by atoms with E-state index in [0.717, 1.165) is 6.42 Å². The van der Waals surface area contributed by atoms with Gasteiger partial charge in [-0.25, -0.2) is 0 Å². The number of hydrogen-bond donors (Lipinski definition) is 1. The lowest BCUT2D eigenvalue weighted by atomic mass is 10.2. The highest BCUT2D eigenvalue weighted by molar-refractivity contribution is 4.62. The number of rotatable bonds is 4. The van der Waals surface area contributed by atoms with Crippen LogP contribution in [0.2, 0.25) is 0 Å². The molecule has 0 saturated heterocycles. The van der Waals surface area contributed by atoms with Gasteiger partial charge in [0.15, 0.2) is 0 Å². The van der Waals surface area contributed by atoms with E-state index in [1.165, 1.54) is 0 Å². The number of methoxy groups -OCH3 is 1. The van der Waals surface area contributed by atoms with Crippen LogP contribution in [-0.2, 0) is 4.74 Å². The van der Waals surface area contributed by atoms with Crippen molar-refractivity contribution in [1.29, 1.82) is 0 Å². The van der Waals surface area contributed by atoms with Crippen molar-refractivity contribution in [1.82, 2.24) is 0 Å². The Kier molecular flexibility index (Phi) is 14.9. The Morgan fingerprint density at radius 3 is 2.09 bits per heavy atom. The monoisotopic (exact) mass is 160 g/mol. The summed E-state index contributed by atoms with van der Waals surface area (Å²) < 4.78 is 4.57. The van der Waals surface area contributed by atoms with E-state index >= 15 is 0 Å². The summed E-state index contributed by atoms with van der Waals surface area (Å²) in [5.41, 5.74) is 0. The van der Waals surface area contributed by atoms with Gasteiger partial charge in [-0.05, 0) is 12.3 Å². The maximum atomic E-state index is 8.24. The van der Waals surface area contributed by atoms with Crippen LogP contribution in [0.4, 0.5) is 0 Å². The van der Waals surface area contributed by atoms with Gasteiger partial charge in [0.25, 0.3) is 0 Å². The molecule has 0 aromatic heterocycles. The number of ether oxygens (including phenoxy) is 1. The molecule has 0 bridgehead atoms. The van der Waals surface area contributed by atoms with Crippen molar-refractivity contribution < 1.29 is 9.84 Å². The first-order chi connectivity index (χ1) is 5.18. The molecule has 0 aliphatic carbocycles. The van der Waals surface area contributed by atoms with Crippen LogP contribution in [-0.4, -0.2) is 25.4 Å². The predicted molar refractivity (Wildman–Crippen MR) is 48.6 cm³/mol. The molecule has 0 aliphatic rings. The molecule has 68 valence electrons. The van der Waals surface area contributed by atoms with E-state index in [1.807, 2.05) is 0 Å². The van der Waals surface area contributed by atoms with Crippen LogP contribution in [0, 0.1) is 5.92 Å². The topological polar surface area (TPSA) is 29.5 Å². The van der Waals surface area contributed by atoms with Crippen LogP contribution in [0.25, 0.3) is 0 Å². The fourth-order valence-electron chi connectivity index (χ4n) is 0.376. The zero-order valence-corrected chi connectivity index (χ0v) is 7.84. The molecule has 0 aromatic rings.